The van der Waals surface area contributed by atoms with Gasteiger partial charge in [0.15, 0.2) is 5.78 Å². The van der Waals surface area contributed by atoms with E-state index in [9.17, 15) is 4.79 Å². The van der Waals surface area contributed by atoms with Gasteiger partial charge in [0.05, 0.1) is 10.9 Å². The van der Waals surface area contributed by atoms with Crippen LogP contribution >= 0.6 is 12.2 Å². The van der Waals surface area contributed by atoms with E-state index in [2.05, 4.69) is 5.32 Å². The maximum atomic E-state index is 12.1. The number of benzene rings is 2. The number of nitrogens with one attached hydrogen (secondary N) is 1. The summed E-state index contributed by atoms with van der Waals surface area (Å²) < 4.78 is 0. The van der Waals surface area contributed by atoms with Crippen molar-refractivity contribution in [1.29, 1.82) is 0 Å². The van der Waals surface area contributed by atoms with Gasteiger partial charge in [0, 0.05) is 12.1 Å². The van der Waals surface area contributed by atoms with Crippen molar-refractivity contribution in [2.45, 2.75) is 12.3 Å². The number of fused-ring (bicyclic) bond motifs is 1. The van der Waals surface area contributed by atoms with E-state index in [1.54, 1.807) is 0 Å². The largest absolute Gasteiger partial charge is 0.349 e. The van der Waals surface area contributed by atoms with E-state index in [0.717, 1.165) is 16.8 Å². The first-order chi connectivity index (χ1) is 9.25. The molecule has 0 spiro atoms. The Labute approximate surface area is 117 Å². The third-order valence-electron chi connectivity index (χ3n) is 3.36. The Balaban J connectivity index is 1.86. The molecule has 2 nitrogen and oxygen atoms in total. The molecule has 19 heavy (non-hydrogen) atoms. The zero-order valence-electron chi connectivity index (χ0n) is 10.3. The third-order valence-corrected chi connectivity index (χ3v) is 3.69. The second kappa shape index (κ2) is 4.94. The van der Waals surface area contributed by atoms with Crippen molar-refractivity contribution in [3.05, 3.63) is 65.7 Å². The number of Topliss-reactive ketones (excluding diaryl/α,β-unsaturated/α-hetero) is 1. The Hall–Kier alpha value is -2.00. The van der Waals surface area contributed by atoms with Gasteiger partial charge in [-0.15, -0.1) is 0 Å². The molecule has 1 unspecified atom stereocenters. The molecule has 1 N–H and O–H groups in total. The van der Waals surface area contributed by atoms with Crippen molar-refractivity contribution in [1.82, 2.24) is 0 Å². The molecule has 0 amide bonds. The SMILES string of the molecule is O=C1Cc2ccccc2C1C(=S)Nc1ccccc1. The van der Waals surface area contributed by atoms with Gasteiger partial charge in [-0.25, -0.2) is 0 Å². The van der Waals surface area contributed by atoms with Crippen LogP contribution in [0.3, 0.4) is 0 Å². The van der Waals surface area contributed by atoms with Crippen LogP contribution < -0.4 is 5.32 Å². The molecule has 3 rings (SSSR count). The Morgan fingerprint density at radius 3 is 2.53 bits per heavy atom. The molecule has 0 aromatic heterocycles. The summed E-state index contributed by atoms with van der Waals surface area (Å²) in [5, 5.41) is 3.17. The molecule has 0 saturated heterocycles. The molecule has 3 heteroatoms. The maximum absolute atomic E-state index is 12.1. The summed E-state index contributed by atoms with van der Waals surface area (Å²) >= 11 is 5.42. The first-order valence-electron chi connectivity index (χ1n) is 6.22. The van der Waals surface area contributed by atoms with Crippen LogP contribution in [0.2, 0.25) is 0 Å². The van der Waals surface area contributed by atoms with Crippen LogP contribution in [0.4, 0.5) is 5.69 Å². The summed E-state index contributed by atoms with van der Waals surface area (Å²) in [5.41, 5.74) is 3.06. The number of thiocarbonyl (C=S) groups is 1. The topological polar surface area (TPSA) is 29.1 Å². The molecule has 0 heterocycles. The Morgan fingerprint density at radius 2 is 1.74 bits per heavy atom. The molecule has 94 valence electrons. The summed E-state index contributed by atoms with van der Waals surface area (Å²) in [5.74, 6) is -0.124. The molecule has 0 fully saturated rings. The molecule has 0 bridgehead atoms. The van der Waals surface area contributed by atoms with Crippen molar-refractivity contribution in [2.75, 3.05) is 5.32 Å². The van der Waals surface area contributed by atoms with E-state index >= 15 is 0 Å². The lowest BCUT2D eigenvalue weighted by Gasteiger charge is -2.14. The van der Waals surface area contributed by atoms with Crippen LogP contribution in [0.5, 0.6) is 0 Å². The number of para-hydroxylation sites is 1. The van der Waals surface area contributed by atoms with Gasteiger partial charge in [0.25, 0.3) is 0 Å². The average molecular weight is 267 g/mol. The Bertz CT molecular complexity index is 636. The summed E-state index contributed by atoms with van der Waals surface area (Å²) in [4.78, 5) is 12.7. The summed E-state index contributed by atoms with van der Waals surface area (Å²) in [6, 6.07) is 17.6. The van der Waals surface area contributed by atoms with Crippen LogP contribution in [0.15, 0.2) is 54.6 Å². The minimum atomic E-state index is -0.300. The summed E-state index contributed by atoms with van der Waals surface area (Å²) in [7, 11) is 0. The highest BCUT2D eigenvalue weighted by Crippen LogP contribution is 2.31. The zero-order chi connectivity index (χ0) is 13.2. The second-order valence-electron chi connectivity index (χ2n) is 4.63. The number of hydrogen-bond acceptors (Lipinski definition) is 2. The van der Waals surface area contributed by atoms with Crippen LogP contribution in [0, 0.1) is 0 Å². The number of carbonyl (C=O) groups excluding carboxylic acids is 1. The van der Waals surface area contributed by atoms with E-state index in [-0.39, 0.29) is 11.7 Å². The van der Waals surface area contributed by atoms with Crippen molar-refractivity contribution in [3.8, 4) is 0 Å². The highest BCUT2D eigenvalue weighted by molar-refractivity contribution is 7.80. The van der Waals surface area contributed by atoms with Gasteiger partial charge in [-0.05, 0) is 23.3 Å². The van der Waals surface area contributed by atoms with Gasteiger partial charge < -0.3 is 5.32 Å². The lowest BCUT2D eigenvalue weighted by molar-refractivity contribution is -0.117. The van der Waals surface area contributed by atoms with Gasteiger partial charge in [-0.1, -0.05) is 54.7 Å². The monoisotopic (exact) mass is 267 g/mol. The van der Waals surface area contributed by atoms with Crippen molar-refractivity contribution in [2.24, 2.45) is 0 Å². The molecular weight excluding hydrogens is 254 g/mol. The molecule has 1 aliphatic carbocycles. The first kappa shape index (κ1) is 12.1. The number of hydrogen-bond donors (Lipinski definition) is 1. The molecule has 1 atom stereocenters. The minimum Gasteiger partial charge on any atom is -0.349 e. The van der Waals surface area contributed by atoms with E-state index in [0.29, 0.717) is 11.4 Å². The lowest BCUT2D eigenvalue weighted by atomic mass is 10.0. The molecule has 0 saturated carbocycles. The van der Waals surface area contributed by atoms with Crippen molar-refractivity contribution < 1.29 is 4.79 Å². The predicted octanol–water partition coefficient (Wildman–Crippen LogP) is 3.33. The molecular formula is C16H13NOS. The van der Waals surface area contributed by atoms with Gasteiger partial charge in [0.1, 0.15) is 0 Å². The number of anilines is 1. The quantitative estimate of drug-likeness (QED) is 0.846. The molecule has 2 aromatic carbocycles. The van der Waals surface area contributed by atoms with Crippen LogP contribution in [0.25, 0.3) is 0 Å². The minimum absolute atomic E-state index is 0.176. The normalized spacial score (nSPS) is 17.1. The van der Waals surface area contributed by atoms with Gasteiger partial charge in [0.2, 0.25) is 0 Å². The fraction of sp³-hybridized carbons (Fsp3) is 0.125. The summed E-state index contributed by atoms with van der Waals surface area (Å²) in [6.07, 6.45) is 0.484. The number of rotatable bonds is 2. The highest BCUT2D eigenvalue weighted by atomic mass is 32.1. The zero-order valence-corrected chi connectivity index (χ0v) is 11.1. The number of ketones is 1. The molecule has 2 aromatic rings. The molecule has 0 aliphatic heterocycles. The van der Waals surface area contributed by atoms with Crippen LogP contribution in [-0.2, 0) is 11.2 Å². The lowest BCUT2D eigenvalue weighted by Crippen LogP contribution is -2.23. The average Bonchev–Trinajstić information content (AvgIpc) is 2.75. The van der Waals surface area contributed by atoms with E-state index in [1.807, 2.05) is 54.6 Å². The highest BCUT2D eigenvalue weighted by Gasteiger charge is 2.33. The van der Waals surface area contributed by atoms with Gasteiger partial charge in [-0.2, -0.15) is 0 Å². The fourth-order valence-corrected chi connectivity index (χ4v) is 2.84. The van der Waals surface area contributed by atoms with E-state index < -0.39 is 0 Å². The molecule has 0 radical (unpaired) electrons. The smallest absolute Gasteiger partial charge is 0.151 e. The van der Waals surface area contributed by atoms with Crippen molar-refractivity contribution in [3.63, 3.8) is 0 Å². The number of carbonyl (C=O) groups is 1. The maximum Gasteiger partial charge on any atom is 0.151 e. The third kappa shape index (κ3) is 2.29. The second-order valence-corrected chi connectivity index (χ2v) is 5.07. The fourth-order valence-electron chi connectivity index (χ4n) is 2.46. The van der Waals surface area contributed by atoms with E-state index in [1.165, 1.54) is 0 Å². The summed E-state index contributed by atoms with van der Waals surface area (Å²) in [6.45, 7) is 0. The van der Waals surface area contributed by atoms with Crippen LogP contribution in [0.1, 0.15) is 17.0 Å². The van der Waals surface area contributed by atoms with Crippen LogP contribution in [-0.4, -0.2) is 10.8 Å². The standard InChI is InChI=1S/C16H13NOS/c18-14-10-11-6-4-5-9-13(11)15(14)16(19)17-12-7-2-1-3-8-12/h1-9,15H,10H2,(H,17,19). The predicted molar refractivity (Wildman–Crippen MR) is 80.6 cm³/mol. The van der Waals surface area contributed by atoms with E-state index in [4.69, 9.17) is 12.2 Å². The van der Waals surface area contributed by atoms with Gasteiger partial charge in [-0.3, -0.25) is 4.79 Å². The Kier molecular flexibility index (Phi) is 3.13. The van der Waals surface area contributed by atoms with Gasteiger partial charge >= 0.3 is 0 Å². The molecule has 1 aliphatic rings. The Morgan fingerprint density at radius 1 is 1.05 bits per heavy atom. The van der Waals surface area contributed by atoms with Crippen molar-refractivity contribution >= 4 is 28.7 Å². The first-order valence-corrected chi connectivity index (χ1v) is 6.63.